The van der Waals surface area contributed by atoms with Gasteiger partial charge in [-0.25, -0.2) is 15.2 Å². The lowest BCUT2D eigenvalue weighted by molar-refractivity contribution is -0.160. The van der Waals surface area contributed by atoms with Crippen molar-refractivity contribution >= 4 is 22.6 Å². The van der Waals surface area contributed by atoms with Crippen LogP contribution in [0.15, 0.2) is 66.7 Å². The van der Waals surface area contributed by atoms with Crippen LogP contribution in [-0.4, -0.2) is 36.1 Å². The predicted molar refractivity (Wildman–Crippen MR) is 130 cm³/mol. The predicted octanol–water partition coefficient (Wildman–Crippen LogP) is 2.69. The summed E-state index contributed by atoms with van der Waals surface area (Å²) >= 11 is 0. The van der Waals surface area contributed by atoms with Crippen LogP contribution in [0.3, 0.4) is 0 Å². The molecule has 35 heavy (non-hydrogen) atoms. The van der Waals surface area contributed by atoms with E-state index in [0.29, 0.717) is 19.3 Å². The number of halogens is 1. The fourth-order valence-electron chi connectivity index (χ4n) is 4.83. The van der Waals surface area contributed by atoms with E-state index < -0.39 is 18.1 Å². The molecule has 0 saturated carbocycles. The topological polar surface area (TPSA) is 91.5 Å². The summed E-state index contributed by atoms with van der Waals surface area (Å²) in [6, 6.07) is 20.3. The van der Waals surface area contributed by atoms with Crippen molar-refractivity contribution in [3.8, 4) is 0 Å². The fraction of sp³-hybridized carbons (Fsp3) is 0.333. The number of hydrazine groups is 2. The highest BCUT2D eigenvalue weighted by atomic mass is 19.1. The Morgan fingerprint density at radius 1 is 0.914 bits per heavy atom. The molecule has 4 atom stereocenters. The highest BCUT2D eigenvalue weighted by molar-refractivity contribution is 5.87. The first-order chi connectivity index (χ1) is 17.0. The number of esters is 1. The van der Waals surface area contributed by atoms with Crippen LogP contribution < -0.4 is 21.7 Å². The zero-order valence-electron chi connectivity index (χ0n) is 19.3. The van der Waals surface area contributed by atoms with Crippen molar-refractivity contribution in [2.45, 2.75) is 56.3 Å². The number of carbonyl (C=O) groups is 2. The van der Waals surface area contributed by atoms with Gasteiger partial charge in [0, 0.05) is 18.5 Å². The normalized spacial score (nSPS) is 24.3. The summed E-state index contributed by atoms with van der Waals surface area (Å²) < 4.78 is 18.7. The van der Waals surface area contributed by atoms with Crippen LogP contribution in [0.4, 0.5) is 4.39 Å². The molecule has 182 valence electrons. The fourth-order valence-corrected chi connectivity index (χ4v) is 4.83. The van der Waals surface area contributed by atoms with Gasteiger partial charge in [-0.1, -0.05) is 54.6 Å². The maximum absolute atomic E-state index is 13.1. The monoisotopic (exact) mass is 476 g/mol. The van der Waals surface area contributed by atoms with Gasteiger partial charge in [-0.2, -0.15) is 0 Å². The van der Waals surface area contributed by atoms with Gasteiger partial charge >= 0.3 is 5.97 Å². The van der Waals surface area contributed by atoms with Crippen molar-refractivity contribution in [1.82, 2.24) is 21.7 Å². The number of nitrogens with one attached hydrogen (secondary N) is 4. The molecule has 3 aromatic carbocycles. The number of carbonyl (C=O) groups excluding carboxylic acids is 2. The minimum absolute atomic E-state index is 0.0607. The van der Waals surface area contributed by atoms with Crippen LogP contribution in [0.5, 0.6) is 0 Å². The molecule has 7 nitrogen and oxygen atoms in total. The Balaban J connectivity index is 1.14. The van der Waals surface area contributed by atoms with E-state index in [1.165, 1.54) is 28.5 Å². The average molecular weight is 477 g/mol. The summed E-state index contributed by atoms with van der Waals surface area (Å²) in [6.45, 7) is 0. The Hall–Kier alpha value is -3.33. The minimum atomic E-state index is -0.844. The second kappa shape index (κ2) is 10.5. The summed E-state index contributed by atoms with van der Waals surface area (Å²) in [6.07, 6.45) is 2.38. The number of amides is 1. The van der Waals surface area contributed by atoms with E-state index in [4.69, 9.17) is 4.74 Å². The second-order valence-electron chi connectivity index (χ2n) is 9.27. The standard InChI is InChI=1S/C27H29FN4O3/c28-20-11-8-17(9-12-20)10-13-21-15-24(31-29-21)27(34)35-25-16-22(30-32-26(25)33)14-19-6-3-5-18-4-1-2-7-23(18)19/h1-9,11-12,21-22,24-25,29-31H,10,13-16H2,(H,32,33). The first-order valence-corrected chi connectivity index (χ1v) is 12.0. The smallest absolute Gasteiger partial charge is 0.325 e. The van der Waals surface area contributed by atoms with E-state index in [1.807, 2.05) is 18.2 Å². The molecule has 2 aliphatic rings. The van der Waals surface area contributed by atoms with Crippen LogP contribution in [0.25, 0.3) is 10.8 Å². The van der Waals surface area contributed by atoms with Gasteiger partial charge in [-0.3, -0.25) is 20.4 Å². The van der Waals surface area contributed by atoms with Gasteiger partial charge in [0.25, 0.3) is 5.91 Å². The third-order valence-corrected chi connectivity index (χ3v) is 6.76. The summed E-state index contributed by atoms with van der Waals surface area (Å²) in [5.74, 6) is -1.03. The van der Waals surface area contributed by atoms with Crippen molar-refractivity contribution in [1.29, 1.82) is 0 Å². The molecule has 1 amide bonds. The van der Waals surface area contributed by atoms with Crippen molar-refractivity contribution in [3.63, 3.8) is 0 Å². The van der Waals surface area contributed by atoms with Gasteiger partial charge in [0.1, 0.15) is 11.9 Å². The number of hydrogen-bond donors (Lipinski definition) is 4. The van der Waals surface area contributed by atoms with Crippen LogP contribution >= 0.6 is 0 Å². The van der Waals surface area contributed by atoms with E-state index in [-0.39, 0.29) is 23.8 Å². The van der Waals surface area contributed by atoms with Gasteiger partial charge < -0.3 is 4.74 Å². The zero-order valence-corrected chi connectivity index (χ0v) is 19.3. The lowest BCUT2D eigenvalue weighted by Crippen LogP contribution is -2.58. The molecular formula is C27H29FN4O3. The first-order valence-electron chi connectivity index (χ1n) is 12.0. The van der Waals surface area contributed by atoms with Crippen molar-refractivity contribution in [2.75, 3.05) is 0 Å². The number of rotatable bonds is 7. The Bertz CT molecular complexity index is 1200. The largest absolute Gasteiger partial charge is 0.451 e. The summed E-state index contributed by atoms with van der Waals surface area (Å²) in [4.78, 5) is 25.2. The minimum Gasteiger partial charge on any atom is -0.451 e. The summed E-state index contributed by atoms with van der Waals surface area (Å²) in [5, 5.41) is 2.34. The van der Waals surface area contributed by atoms with E-state index in [1.54, 1.807) is 12.1 Å². The number of hydrogen-bond acceptors (Lipinski definition) is 6. The molecule has 0 radical (unpaired) electrons. The third-order valence-electron chi connectivity index (χ3n) is 6.76. The van der Waals surface area contributed by atoms with Gasteiger partial charge in [0.15, 0.2) is 6.10 Å². The van der Waals surface area contributed by atoms with Gasteiger partial charge in [-0.15, -0.1) is 0 Å². The molecule has 4 unspecified atom stereocenters. The van der Waals surface area contributed by atoms with Crippen LogP contribution in [0.1, 0.15) is 30.4 Å². The molecule has 2 saturated heterocycles. The number of benzene rings is 3. The average Bonchev–Trinajstić information content (AvgIpc) is 3.35. The van der Waals surface area contributed by atoms with Crippen LogP contribution in [0, 0.1) is 5.82 Å². The molecule has 0 aromatic heterocycles. The van der Waals surface area contributed by atoms with Crippen LogP contribution in [0.2, 0.25) is 0 Å². The first kappa shape index (κ1) is 23.4. The molecule has 2 aliphatic heterocycles. The number of ether oxygens (including phenoxy) is 1. The molecule has 0 bridgehead atoms. The molecule has 0 spiro atoms. The maximum Gasteiger partial charge on any atom is 0.325 e. The molecule has 4 N–H and O–H groups in total. The lowest BCUT2D eigenvalue weighted by atomic mass is 9.95. The quantitative estimate of drug-likeness (QED) is 0.392. The molecule has 2 fully saturated rings. The van der Waals surface area contributed by atoms with Crippen molar-refractivity contribution in [2.24, 2.45) is 0 Å². The van der Waals surface area contributed by atoms with E-state index in [2.05, 4.69) is 46.0 Å². The van der Waals surface area contributed by atoms with Crippen molar-refractivity contribution in [3.05, 3.63) is 83.7 Å². The SMILES string of the molecule is O=C(OC1CC(Cc2cccc3ccccc23)NNC1=O)C1CC(CCc2ccc(F)cc2)NN1. The van der Waals surface area contributed by atoms with Gasteiger partial charge in [0.2, 0.25) is 0 Å². The summed E-state index contributed by atoms with van der Waals surface area (Å²) in [5.41, 5.74) is 14.1. The summed E-state index contributed by atoms with van der Waals surface area (Å²) in [7, 11) is 0. The van der Waals surface area contributed by atoms with E-state index in [9.17, 15) is 14.0 Å². The maximum atomic E-state index is 13.1. The molecule has 5 rings (SSSR count). The Labute approximate surface area is 203 Å². The number of aryl methyl sites for hydroxylation is 1. The van der Waals surface area contributed by atoms with E-state index in [0.717, 1.165) is 18.4 Å². The zero-order chi connectivity index (χ0) is 24.2. The lowest BCUT2D eigenvalue weighted by Gasteiger charge is -2.30. The Morgan fingerprint density at radius 2 is 1.71 bits per heavy atom. The number of fused-ring (bicyclic) bond motifs is 1. The second-order valence-corrected chi connectivity index (χ2v) is 9.27. The third kappa shape index (κ3) is 5.67. The molecule has 8 heteroatoms. The molecule has 0 aliphatic carbocycles. The van der Waals surface area contributed by atoms with Gasteiger partial charge in [-0.05, 0) is 59.7 Å². The Morgan fingerprint density at radius 3 is 2.57 bits per heavy atom. The van der Waals surface area contributed by atoms with Crippen LogP contribution in [-0.2, 0) is 27.2 Å². The van der Waals surface area contributed by atoms with E-state index >= 15 is 0 Å². The molecule has 3 aromatic rings. The highest BCUT2D eigenvalue weighted by Gasteiger charge is 2.36. The molecular weight excluding hydrogens is 447 g/mol. The van der Waals surface area contributed by atoms with Gasteiger partial charge in [0.05, 0.1) is 0 Å². The highest BCUT2D eigenvalue weighted by Crippen LogP contribution is 2.22. The molecule has 2 heterocycles. The Kier molecular flexibility index (Phi) is 7.03. The van der Waals surface area contributed by atoms with Crippen molar-refractivity contribution < 1.29 is 18.7 Å².